The number of nitrogens with zero attached hydrogens (tertiary/aromatic N) is 2. The maximum absolute atomic E-state index is 12.6. The molecule has 3 aromatic rings. The highest BCUT2D eigenvalue weighted by Crippen LogP contribution is 2.16. The van der Waals surface area contributed by atoms with Crippen molar-refractivity contribution in [3.63, 3.8) is 0 Å². The molecule has 0 bridgehead atoms. The average Bonchev–Trinajstić information content (AvgIpc) is 2.75. The highest BCUT2D eigenvalue weighted by atomic mass is 16.5. The number of carbonyl (C=O) groups is 2. The van der Waals surface area contributed by atoms with Crippen molar-refractivity contribution in [1.82, 2.24) is 15.1 Å². The van der Waals surface area contributed by atoms with E-state index < -0.39 is 18.5 Å². The Morgan fingerprint density at radius 2 is 1.84 bits per heavy atom. The highest BCUT2D eigenvalue weighted by Gasteiger charge is 2.19. The van der Waals surface area contributed by atoms with Crippen molar-refractivity contribution in [2.75, 3.05) is 19.8 Å². The van der Waals surface area contributed by atoms with Gasteiger partial charge in [0, 0.05) is 5.39 Å². The number of amides is 1. The van der Waals surface area contributed by atoms with Crippen molar-refractivity contribution >= 4 is 22.6 Å². The number of aromatic nitrogens is 2. The van der Waals surface area contributed by atoms with Crippen LogP contribution in [0.15, 0.2) is 53.3 Å². The van der Waals surface area contributed by atoms with Gasteiger partial charge in [0.1, 0.15) is 12.4 Å². The summed E-state index contributed by atoms with van der Waals surface area (Å²) in [5, 5.41) is 7.57. The van der Waals surface area contributed by atoms with Crippen molar-refractivity contribution in [3.8, 4) is 5.75 Å². The average molecular weight is 423 g/mol. The summed E-state index contributed by atoms with van der Waals surface area (Å²) in [7, 11) is 0. The molecule has 0 spiro atoms. The van der Waals surface area contributed by atoms with Gasteiger partial charge >= 0.3 is 5.97 Å². The van der Waals surface area contributed by atoms with Crippen LogP contribution in [0.3, 0.4) is 0 Å². The third kappa shape index (κ3) is 5.48. The number of fused-ring (bicyclic) bond motifs is 1. The topological polar surface area (TPSA) is 99.5 Å². The molecular weight excluding hydrogens is 398 g/mol. The van der Waals surface area contributed by atoms with E-state index >= 15 is 0 Å². The summed E-state index contributed by atoms with van der Waals surface area (Å²) in [6, 6.07) is 14.1. The summed E-state index contributed by atoms with van der Waals surface area (Å²) in [5.74, 6) is -0.502. The molecule has 3 rings (SSSR count). The van der Waals surface area contributed by atoms with Crippen LogP contribution in [0.5, 0.6) is 5.75 Å². The SMILES string of the molecule is Cc1cccc(OCCNC(=O)COC(=O)c2nn(C(C)C)c(=O)c3ccccc23)c1. The maximum atomic E-state index is 12.6. The molecule has 1 heterocycles. The highest BCUT2D eigenvalue weighted by molar-refractivity contribution is 6.02. The van der Waals surface area contributed by atoms with Crippen molar-refractivity contribution in [2.24, 2.45) is 0 Å². The Morgan fingerprint density at radius 3 is 2.55 bits per heavy atom. The number of benzene rings is 2. The van der Waals surface area contributed by atoms with E-state index in [1.54, 1.807) is 38.1 Å². The molecule has 8 nitrogen and oxygen atoms in total. The molecular formula is C23H25N3O5. The summed E-state index contributed by atoms with van der Waals surface area (Å²) in [6.07, 6.45) is 0. The van der Waals surface area contributed by atoms with Crippen LogP contribution in [0.25, 0.3) is 10.8 Å². The molecule has 31 heavy (non-hydrogen) atoms. The zero-order valence-corrected chi connectivity index (χ0v) is 17.8. The Balaban J connectivity index is 1.58. The molecule has 0 aliphatic rings. The summed E-state index contributed by atoms with van der Waals surface area (Å²) >= 11 is 0. The Morgan fingerprint density at radius 1 is 1.10 bits per heavy atom. The van der Waals surface area contributed by atoms with Gasteiger partial charge in [-0.25, -0.2) is 9.48 Å². The van der Waals surface area contributed by atoms with Crippen LogP contribution < -0.4 is 15.6 Å². The first-order chi connectivity index (χ1) is 14.9. The molecule has 0 saturated carbocycles. The third-order valence-corrected chi connectivity index (χ3v) is 4.53. The van der Waals surface area contributed by atoms with Gasteiger partial charge in [-0.05, 0) is 44.5 Å². The molecule has 162 valence electrons. The summed E-state index contributed by atoms with van der Waals surface area (Å²) < 4.78 is 11.9. The zero-order chi connectivity index (χ0) is 22.4. The Labute approximate surface area is 179 Å². The standard InChI is InChI=1S/C23H25N3O5/c1-15(2)26-22(28)19-10-5-4-9-18(19)21(25-26)23(29)31-14-20(27)24-11-12-30-17-8-6-7-16(3)13-17/h4-10,13,15H,11-12,14H2,1-3H3,(H,24,27). The molecule has 8 heteroatoms. The molecule has 1 aromatic heterocycles. The van der Waals surface area contributed by atoms with Crippen LogP contribution in [0.2, 0.25) is 0 Å². The number of nitrogens with one attached hydrogen (secondary N) is 1. The Hall–Kier alpha value is -3.68. The Bertz CT molecular complexity index is 1150. The number of rotatable bonds is 8. The van der Waals surface area contributed by atoms with Crippen molar-refractivity contribution in [3.05, 3.63) is 70.1 Å². The maximum Gasteiger partial charge on any atom is 0.359 e. The van der Waals surface area contributed by atoms with E-state index in [9.17, 15) is 14.4 Å². The molecule has 1 N–H and O–H groups in total. The predicted octanol–water partition coefficient (Wildman–Crippen LogP) is 2.64. The first kappa shape index (κ1) is 22.0. The zero-order valence-electron chi connectivity index (χ0n) is 17.8. The van der Waals surface area contributed by atoms with Gasteiger partial charge in [0.2, 0.25) is 0 Å². The van der Waals surface area contributed by atoms with E-state index in [1.807, 2.05) is 31.2 Å². The minimum Gasteiger partial charge on any atom is -0.492 e. The number of hydrogen-bond acceptors (Lipinski definition) is 6. The third-order valence-electron chi connectivity index (χ3n) is 4.53. The van der Waals surface area contributed by atoms with Gasteiger partial charge in [0.25, 0.3) is 11.5 Å². The minimum absolute atomic E-state index is 0.000481. The van der Waals surface area contributed by atoms with Gasteiger partial charge in [0.05, 0.1) is 18.0 Å². The van der Waals surface area contributed by atoms with Crippen molar-refractivity contribution < 1.29 is 19.1 Å². The van der Waals surface area contributed by atoms with Crippen molar-refractivity contribution in [2.45, 2.75) is 26.8 Å². The fourth-order valence-corrected chi connectivity index (χ4v) is 3.02. The molecule has 0 radical (unpaired) electrons. The Kier molecular flexibility index (Phi) is 7.02. The largest absolute Gasteiger partial charge is 0.492 e. The summed E-state index contributed by atoms with van der Waals surface area (Å²) in [4.78, 5) is 37.2. The van der Waals surface area contributed by atoms with E-state index in [4.69, 9.17) is 9.47 Å². The normalized spacial score (nSPS) is 10.8. The minimum atomic E-state index is -0.767. The lowest BCUT2D eigenvalue weighted by Crippen LogP contribution is -2.33. The number of ether oxygens (including phenoxy) is 2. The van der Waals surface area contributed by atoms with Gasteiger partial charge < -0.3 is 14.8 Å². The molecule has 2 aromatic carbocycles. The molecule has 0 fully saturated rings. The van der Waals surface area contributed by atoms with Crippen LogP contribution in [0.4, 0.5) is 0 Å². The number of hydrogen-bond donors (Lipinski definition) is 1. The van der Waals surface area contributed by atoms with E-state index in [1.165, 1.54) is 4.68 Å². The van der Waals surface area contributed by atoms with Crippen LogP contribution in [0.1, 0.15) is 35.9 Å². The summed E-state index contributed by atoms with van der Waals surface area (Å²) in [5.41, 5.74) is 0.798. The van der Waals surface area contributed by atoms with Gasteiger partial charge in [-0.3, -0.25) is 9.59 Å². The van der Waals surface area contributed by atoms with Gasteiger partial charge in [-0.2, -0.15) is 5.10 Å². The fourth-order valence-electron chi connectivity index (χ4n) is 3.02. The molecule has 1 amide bonds. The van der Waals surface area contributed by atoms with E-state index in [0.717, 1.165) is 11.3 Å². The number of esters is 1. The number of carbonyl (C=O) groups excluding carboxylic acids is 2. The predicted molar refractivity (Wildman–Crippen MR) is 116 cm³/mol. The molecule has 0 unspecified atom stereocenters. The second-order valence-electron chi connectivity index (χ2n) is 7.33. The van der Waals surface area contributed by atoms with Gasteiger partial charge in [-0.1, -0.05) is 30.3 Å². The number of aryl methyl sites for hydroxylation is 1. The lowest BCUT2D eigenvalue weighted by Gasteiger charge is -2.13. The van der Waals surface area contributed by atoms with Crippen LogP contribution in [-0.2, 0) is 9.53 Å². The molecule has 0 aliphatic heterocycles. The lowest BCUT2D eigenvalue weighted by atomic mass is 10.1. The second kappa shape index (κ2) is 9.88. The molecule has 0 atom stereocenters. The first-order valence-corrected chi connectivity index (χ1v) is 10.0. The van der Waals surface area contributed by atoms with Crippen molar-refractivity contribution in [1.29, 1.82) is 0 Å². The molecule has 0 aliphatic carbocycles. The van der Waals surface area contributed by atoms with Crippen LogP contribution in [-0.4, -0.2) is 41.4 Å². The fraction of sp³-hybridized carbons (Fsp3) is 0.304. The lowest BCUT2D eigenvalue weighted by molar-refractivity contribution is -0.124. The van der Waals surface area contributed by atoms with Gasteiger partial charge in [-0.15, -0.1) is 0 Å². The smallest absolute Gasteiger partial charge is 0.359 e. The van der Waals surface area contributed by atoms with E-state index in [-0.39, 0.29) is 30.4 Å². The monoisotopic (exact) mass is 423 g/mol. The van der Waals surface area contributed by atoms with Gasteiger partial charge in [0.15, 0.2) is 12.3 Å². The second-order valence-corrected chi connectivity index (χ2v) is 7.33. The summed E-state index contributed by atoms with van der Waals surface area (Å²) in [6.45, 7) is 5.65. The van der Waals surface area contributed by atoms with E-state index in [2.05, 4.69) is 10.4 Å². The van der Waals surface area contributed by atoms with Crippen LogP contribution >= 0.6 is 0 Å². The molecule has 0 saturated heterocycles. The quantitative estimate of drug-likeness (QED) is 0.442. The van der Waals surface area contributed by atoms with E-state index in [0.29, 0.717) is 10.8 Å². The first-order valence-electron chi connectivity index (χ1n) is 10.0. The van der Waals surface area contributed by atoms with Crippen LogP contribution in [0, 0.1) is 6.92 Å².